The van der Waals surface area contributed by atoms with Crippen LogP contribution in [0.5, 0.6) is 0 Å². The van der Waals surface area contributed by atoms with Crippen LogP contribution in [-0.2, 0) is 11.8 Å². The van der Waals surface area contributed by atoms with Crippen molar-refractivity contribution in [1.29, 1.82) is 0 Å². The van der Waals surface area contributed by atoms with Gasteiger partial charge in [-0.05, 0) is 45.0 Å². The summed E-state index contributed by atoms with van der Waals surface area (Å²) in [6.07, 6.45) is 0. The van der Waals surface area contributed by atoms with E-state index in [1.807, 2.05) is 62.8 Å². The number of aromatic nitrogens is 4. The molecule has 2 aromatic heterocycles. The first-order valence-corrected chi connectivity index (χ1v) is 8.34. The molecule has 26 heavy (non-hydrogen) atoms. The Balaban J connectivity index is 1.89. The van der Waals surface area contributed by atoms with Gasteiger partial charge >= 0.3 is 0 Å². The Bertz CT molecular complexity index is 959. The molecule has 0 saturated heterocycles. The first-order chi connectivity index (χ1) is 12.3. The number of benzene rings is 1. The van der Waals surface area contributed by atoms with Crippen LogP contribution in [0.15, 0.2) is 30.3 Å². The van der Waals surface area contributed by atoms with Gasteiger partial charge in [0.2, 0.25) is 5.91 Å². The molecule has 3 aromatic rings. The highest BCUT2D eigenvalue weighted by molar-refractivity contribution is 5.88. The van der Waals surface area contributed by atoms with Gasteiger partial charge in [-0.1, -0.05) is 0 Å². The zero-order chi connectivity index (χ0) is 18.8. The summed E-state index contributed by atoms with van der Waals surface area (Å²) < 4.78 is 1.84. The fourth-order valence-electron chi connectivity index (χ4n) is 2.83. The second kappa shape index (κ2) is 6.95. The summed E-state index contributed by atoms with van der Waals surface area (Å²) in [5.41, 5.74) is 5.39. The molecule has 0 radical (unpaired) electrons. The zero-order valence-electron chi connectivity index (χ0n) is 15.6. The van der Waals surface area contributed by atoms with Crippen molar-refractivity contribution in [3.05, 3.63) is 47.4 Å². The minimum absolute atomic E-state index is 0.0935. The average Bonchev–Trinajstić information content (AvgIpc) is 2.81. The summed E-state index contributed by atoms with van der Waals surface area (Å²) in [6, 6.07) is 9.36. The van der Waals surface area contributed by atoms with Crippen molar-refractivity contribution in [2.45, 2.75) is 27.7 Å². The topological polar surface area (TPSA) is 84.7 Å². The number of rotatable bonds is 4. The van der Waals surface area contributed by atoms with Crippen molar-refractivity contribution >= 4 is 23.1 Å². The fourth-order valence-corrected chi connectivity index (χ4v) is 2.83. The van der Waals surface area contributed by atoms with E-state index in [0.717, 1.165) is 34.0 Å². The quantitative estimate of drug-likeness (QED) is 0.752. The maximum Gasteiger partial charge on any atom is 0.221 e. The molecule has 134 valence electrons. The van der Waals surface area contributed by atoms with Crippen LogP contribution in [0.1, 0.15) is 24.0 Å². The van der Waals surface area contributed by atoms with Gasteiger partial charge in [0.05, 0.1) is 11.3 Å². The molecule has 2 N–H and O–H groups in total. The lowest BCUT2D eigenvalue weighted by Gasteiger charge is -2.10. The number of nitrogens with zero attached hydrogens (tertiary/aromatic N) is 4. The van der Waals surface area contributed by atoms with Gasteiger partial charge in [0.1, 0.15) is 5.82 Å². The SMILES string of the molecule is CC(=O)Nc1ccc(Nc2cc(C)nc(-c3c(C)nn(C)c3C)n2)cc1. The summed E-state index contributed by atoms with van der Waals surface area (Å²) in [5, 5.41) is 10.5. The maximum atomic E-state index is 11.1. The summed E-state index contributed by atoms with van der Waals surface area (Å²) >= 11 is 0. The van der Waals surface area contributed by atoms with Gasteiger partial charge in [-0.3, -0.25) is 9.48 Å². The molecule has 7 nitrogen and oxygen atoms in total. The third-order valence-electron chi connectivity index (χ3n) is 4.06. The Morgan fingerprint density at radius 3 is 2.27 bits per heavy atom. The number of hydrogen-bond acceptors (Lipinski definition) is 5. The highest BCUT2D eigenvalue weighted by atomic mass is 16.1. The van der Waals surface area contributed by atoms with Crippen LogP contribution < -0.4 is 10.6 Å². The van der Waals surface area contributed by atoms with Gasteiger partial charge in [0.25, 0.3) is 0 Å². The molecular formula is C19H22N6O. The van der Waals surface area contributed by atoms with Crippen molar-refractivity contribution < 1.29 is 4.79 Å². The number of amides is 1. The van der Waals surface area contributed by atoms with Crippen LogP contribution in [0.2, 0.25) is 0 Å². The van der Waals surface area contributed by atoms with Gasteiger partial charge in [-0.2, -0.15) is 5.10 Å². The van der Waals surface area contributed by atoms with Crippen LogP contribution in [-0.4, -0.2) is 25.7 Å². The van der Waals surface area contributed by atoms with E-state index < -0.39 is 0 Å². The molecule has 0 fully saturated rings. The highest BCUT2D eigenvalue weighted by Gasteiger charge is 2.15. The van der Waals surface area contributed by atoms with E-state index in [0.29, 0.717) is 11.6 Å². The Morgan fingerprint density at radius 2 is 1.69 bits per heavy atom. The standard InChI is InChI=1S/C19H22N6O/c1-11-10-17(22-16-8-6-15(7-9-16)21-14(4)26)23-19(20-11)18-12(2)24-25(5)13(18)3/h6-10H,1-5H3,(H,21,26)(H,20,22,23). The molecule has 0 atom stereocenters. The summed E-state index contributed by atoms with van der Waals surface area (Å²) in [4.78, 5) is 20.3. The van der Waals surface area contributed by atoms with Crippen LogP contribution in [0.4, 0.5) is 17.2 Å². The molecular weight excluding hydrogens is 328 g/mol. The smallest absolute Gasteiger partial charge is 0.221 e. The monoisotopic (exact) mass is 350 g/mol. The number of hydrogen-bond donors (Lipinski definition) is 2. The van der Waals surface area contributed by atoms with Crippen molar-refractivity contribution in [3.63, 3.8) is 0 Å². The largest absolute Gasteiger partial charge is 0.340 e. The molecule has 0 aliphatic carbocycles. The predicted octanol–water partition coefficient (Wildman–Crippen LogP) is 3.50. The molecule has 0 bridgehead atoms. The number of anilines is 3. The number of carbonyl (C=O) groups excluding carboxylic acids is 1. The molecule has 0 spiro atoms. The Morgan fingerprint density at radius 1 is 1.04 bits per heavy atom. The van der Waals surface area contributed by atoms with Crippen LogP contribution in [0, 0.1) is 20.8 Å². The zero-order valence-corrected chi connectivity index (χ0v) is 15.6. The fraction of sp³-hybridized carbons (Fsp3) is 0.263. The summed E-state index contributed by atoms with van der Waals surface area (Å²) in [7, 11) is 1.91. The van der Waals surface area contributed by atoms with E-state index in [2.05, 4.69) is 25.7 Å². The van der Waals surface area contributed by atoms with Crippen LogP contribution in [0.3, 0.4) is 0 Å². The van der Waals surface area contributed by atoms with Crippen LogP contribution >= 0.6 is 0 Å². The van der Waals surface area contributed by atoms with Crippen molar-refractivity contribution in [3.8, 4) is 11.4 Å². The second-order valence-corrected chi connectivity index (χ2v) is 6.27. The van der Waals surface area contributed by atoms with Crippen molar-refractivity contribution in [2.24, 2.45) is 7.05 Å². The Kier molecular flexibility index (Phi) is 4.71. The molecule has 1 aromatic carbocycles. The minimum Gasteiger partial charge on any atom is -0.340 e. The Labute approximate surface area is 152 Å². The molecule has 1 amide bonds. The minimum atomic E-state index is -0.0935. The Hall–Kier alpha value is -3.22. The molecule has 0 unspecified atom stereocenters. The van der Waals surface area contributed by atoms with Crippen molar-refractivity contribution in [2.75, 3.05) is 10.6 Å². The van der Waals surface area contributed by atoms with Gasteiger partial charge < -0.3 is 10.6 Å². The van der Waals surface area contributed by atoms with E-state index in [4.69, 9.17) is 0 Å². The van der Waals surface area contributed by atoms with Gasteiger partial charge in [0, 0.05) is 42.8 Å². The number of aryl methyl sites for hydroxylation is 3. The number of carbonyl (C=O) groups is 1. The predicted molar refractivity (Wildman–Crippen MR) is 102 cm³/mol. The lowest BCUT2D eigenvalue weighted by atomic mass is 10.2. The van der Waals surface area contributed by atoms with Gasteiger partial charge in [0.15, 0.2) is 5.82 Å². The summed E-state index contributed by atoms with van der Waals surface area (Å²) in [5.74, 6) is 1.27. The third-order valence-corrected chi connectivity index (χ3v) is 4.06. The second-order valence-electron chi connectivity index (χ2n) is 6.27. The summed E-state index contributed by atoms with van der Waals surface area (Å²) in [6.45, 7) is 7.40. The molecule has 0 saturated carbocycles. The van der Waals surface area contributed by atoms with Crippen molar-refractivity contribution in [1.82, 2.24) is 19.7 Å². The molecule has 3 rings (SSSR count). The van der Waals surface area contributed by atoms with Gasteiger partial charge in [-0.15, -0.1) is 0 Å². The molecule has 2 heterocycles. The van der Waals surface area contributed by atoms with Crippen LogP contribution in [0.25, 0.3) is 11.4 Å². The van der Waals surface area contributed by atoms with E-state index >= 15 is 0 Å². The first-order valence-electron chi connectivity index (χ1n) is 8.34. The lowest BCUT2D eigenvalue weighted by Crippen LogP contribution is -2.05. The van der Waals surface area contributed by atoms with E-state index in [1.165, 1.54) is 6.92 Å². The highest BCUT2D eigenvalue weighted by Crippen LogP contribution is 2.26. The normalized spacial score (nSPS) is 10.7. The molecule has 7 heteroatoms. The van der Waals surface area contributed by atoms with E-state index in [1.54, 1.807) is 0 Å². The maximum absolute atomic E-state index is 11.1. The lowest BCUT2D eigenvalue weighted by molar-refractivity contribution is -0.114. The number of nitrogens with one attached hydrogen (secondary N) is 2. The van der Waals surface area contributed by atoms with E-state index in [9.17, 15) is 4.79 Å². The first kappa shape index (κ1) is 17.6. The molecule has 0 aliphatic heterocycles. The van der Waals surface area contributed by atoms with E-state index in [-0.39, 0.29) is 5.91 Å². The molecule has 0 aliphatic rings. The third kappa shape index (κ3) is 3.72. The van der Waals surface area contributed by atoms with Gasteiger partial charge in [-0.25, -0.2) is 9.97 Å². The average molecular weight is 350 g/mol.